The molecule has 0 saturated carbocycles. The zero-order chi connectivity index (χ0) is 22.8. The molecule has 7 nitrogen and oxygen atoms in total. The molecule has 0 radical (unpaired) electrons. The van der Waals surface area contributed by atoms with Gasteiger partial charge in [-0.2, -0.15) is 0 Å². The van der Waals surface area contributed by atoms with Crippen molar-refractivity contribution in [1.82, 2.24) is 10.2 Å². The standard InChI is InChI=1S/C24H32N2O5/c1-17(2)14-25-24(28)18(3)26(15-19-9-7-6-8-10-19)23(27)16-31-22-12-20(29-4)11-21(13-22)30-5/h6-13,17-18H,14-16H2,1-5H3,(H,25,28). The lowest BCUT2D eigenvalue weighted by molar-refractivity contribution is -0.142. The predicted molar refractivity (Wildman–Crippen MR) is 119 cm³/mol. The van der Waals surface area contributed by atoms with E-state index in [2.05, 4.69) is 5.32 Å². The fraction of sp³-hybridized carbons (Fsp3) is 0.417. The van der Waals surface area contributed by atoms with Crippen LogP contribution in [-0.2, 0) is 16.1 Å². The van der Waals surface area contributed by atoms with Crippen molar-refractivity contribution in [2.45, 2.75) is 33.4 Å². The van der Waals surface area contributed by atoms with Crippen LogP contribution in [0.4, 0.5) is 0 Å². The second-order valence-electron chi connectivity index (χ2n) is 7.66. The minimum atomic E-state index is -0.644. The van der Waals surface area contributed by atoms with E-state index >= 15 is 0 Å². The molecule has 0 aliphatic carbocycles. The molecule has 0 aliphatic heterocycles. The van der Waals surface area contributed by atoms with Crippen LogP contribution in [0.2, 0.25) is 0 Å². The number of ether oxygens (including phenoxy) is 3. The van der Waals surface area contributed by atoms with E-state index in [0.29, 0.717) is 36.3 Å². The molecule has 1 atom stereocenters. The third-order valence-electron chi connectivity index (χ3n) is 4.73. The van der Waals surface area contributed by atoms with Crippen LogP contribution in [0.5, 0.6) is 17.2 Å². The van der Waals surface area contributed by atoms with Gasteiger partial charge in [-0.05, 0) is 18.4 Å². The molecular formula is C24H32N2O5. The van der Waals surface area contributed by atoms with Crippen molar-refractivity contribution in [3.05, 3.63) is 54.1 Å². The summed E-state index contributed by atoms with van der Waals surface area (Å²) in [7, 11) is 3.09. The lowest BCUT2D eigenvalue weighted by Gasteiger charge is -2.29. The molecule has 1 N–H and O–H groups in total. The van der Waals surface area contributed by atoms with Crippen molar-refractivity contribution in [3.8, 4) is 17.2 Å². The quantitative estimate of drug-likeness (QED) is 0.594. The zero-order valence-electron chi connectivity index (χ0n) is 18.9. The number of nitrogens with one attached hydrogen (secondary N) is 1. The van der Waals surface area contributed by atoms with Crippen molar-refractivity contribution in [1.29, 1.82) is 0 Å². The maximum absolute atomic E-state index is 13.1. The Labute approximate surface area is 184 Å². The predicted octanol–water partition coefficient (Wildman–Crippen LogP) is 3.27. The van der Waals surface area contributed by atoms with Crippen molar-refractivity contribution in [2.24, 2.45) is 5.92 Å². The largest absolute Gasteiger partial charge is 0.496 e. The number of hydrogen-bond acceptors (Lipinski definition) is 5. The van der Waals surface area contributed by atoms with Gasteiger partial charge in [0.15, 0.2) is 6.61 Å². The molecule has 0 heterocycles. The number of hydrogen-bond donors (Lipinski definition) is 1. The Morgan fingerprint density at radius 3 is 2.06 bits per heavy atom. The van der Waals surface area contributed by atoms with E-state index in [9.17, 15) is 9.59 Å². The van der Waals surface area contributed by atoms with Gasteiger partial charge in [0.2, 0.25) is 5.91 Å². The molecule has 31 heavy (non-hydrogen) atoms. The van der Waals surface area contributed by atoms with Gasteiger partial charge in [0.25, 0.3) is 5.91 Å². The third-order valence-corrected chi connectivity index (χ3v) is 4.73. The zero-order valence-corrected chi connectivity index (χ0v) is 18.9. The summed E-state index contributed by atoms with van der Waals surface area (Å²) in [6.45, 7) is 6.41. The average molecular weight is 429 g/mol. The maximum Gasteiger partial charge on any atom is 0.261 e. The first-order chi connectivity index (χ1) is 14.8. The fourth-order valence-electron chi connectivity index (χ4n) is 2.91. The molecule has 7 heteroatoms. The lowest BCUT2D eigenvalue weighted by atomic mass is 10.1. The summed E-state index contributed by atoms with van der Waals surface area (Å²) in [4.78, 5) is 27.2. The molecule has 2 aromatic rings. The van der Waals surface area contributed by atoms with Gasteiger partial charge in [0.05, 0.1) is 14.2 Å². The lowest BCUT2D eigenvalue weighted by Crippen LogP contribution is -2.49. The number of methoxy groups -OCH3 is 2. The van der Waals surface area contributed by atoms with Crippen molar-refractivity contribution in [2.75, 3.05) is 27.4 Å². The Balaban J connectivity index is 2.14. The Morgan fingerprint density at radius 1 is 0.935 bits per heavy atom. The summed E-state index contributed by atoms with van der Waals surface area (Å²) in [5, 5.41) is 2.90. The minimum Gasteiger partial charge on any atom is -0.496 e. The van der Waals surface area contributed by atoms with Crippen LogP contribution in [0, 0.1) is 5.92 Å². The van der Waals surface area contributed by atoms with Crippen molar-refractivity contribution < 1.29 is 23.8 Å². The molecule has 1 unspecified atom stereocenters. The van der Waals surface area contributed by atoms with E-state index in [4.69, 9.17) is 14.2 Å². The van der Waals surface area contributed by atoms with Crippen LogP contribution in [0.15, 0.2) is 48.5 Å². The highest BCUT2D eigenvalue weighted by Gasteiger charge is 2.26. The van der Waals surface area contributed by atoms with Gasteiger partial charge in [-0.15, -0.1) is 0 Å². The van der Waals surface area contributed by atoms with E-state index in [-0.39, 0.29) is 18.4 Å². The molecule has 0 spiro atoms. The van der Waals surface area contributed by atoms with Crippen LogP contribution in [-0.4, -0.2) is 50.1 Å². The molecule has 0 fully saturated rings. The van der Waals surface area contributed by atoms with Crippen LogP contribution in [0.1, 0.15) is 26.3 Å². The van der Waals surface area contributed by atoms with Gasteiger partial charge in [-0.3, -0.25) is 9.59 Å². The number of nitrogens with zero attached hydrogens (tertiary/aromatic N) is 1. The molecule has 2 amide bonds. The summed E-state index contributed by atoms with van der Waals surface area (Å²) < 4.78 is 16.2. The van der Waals surface area contributed by atoms with E-state index in [1.54, 1.807) is 39.3 Å². The topological polar surface area (TPSA) is 77.1 Å². The Bertz CT molecular complexity index is 832. The fourth-order valence-corrected chi connectivity index (χ4v) is 2.91. The maximum atomic E-state index is 13.1. The first kappa shape index (κ1) is 24.1. The smallest absolute Gasteiger partial charge is 0.261 e. The number of benzene rings is 2. The summed E-state index contributed by atoms with van der Waals surface area (Å²) in [5.41, 5.74) is 0.933. The monoisotopic (exact) mass is 428 g/mol. The number of carbonyl (C=O) groups is 2. The van der Waals surface area contributed by atoms with Crippen LogP contribution >= 0.6 is 0 Å². The van der Waals surface area contributed by atoms with Gasteiger partial charge in [-0.25, -0.2) is 0 Å². The molecule has 0 aromatic heterocycles. The van der Waals surface area contributed by atoms with E-state index in [1.807, 2.05) is 44.2 Å². The van der Waals surface area contributed by atoms with E-state index in [0.717, 1.165) is 5.56 Å². The Morgan fingerprint density at radius 2 is 1.52 bits per heavy atom. The molecule has 0 aliphatic rings. The summed E-state index contributed by atoms with van der Waals surface area (Å²) >= 11 is 0. The normalized spacial score (nSPS) is 11.5. The SMILES string of the molecule is COc1cc(OC)cc(OCC(=O)N(Cc2ccccc2)C(C)C(=O)NCC(C)C)c1. The molecule has 0 saturated heterocycles. The second-order valence-corrected chi connectivity index (χ2v) is 7.66. The Kier molecular flexibility index (Phi) is 9.18. The van der Waals surface area contributed by atoms with Crippen molar-refractivity contribution in [3.63, 3.8) is 0 Å². The van der Waals surface area contributed by atoms with Crippen LogP contribution in [0.25, 0.3) is 0 Å². The number of rotatable bonds is 11. The molecular weight excluding hydrogens is 396 g/mol. The van der Waals surface area contributed by atoms with Gasteiger partial charge in [-0.1, -0.05) is 44.2 Å². The Hall–Kier alpha value is -3.22. The minimum absolute atomic E-state index is 0.193. The highest BCUT2D eigenvalue weighted by molar-refractivity contribution is 5.88. The highest BCUT2D eigenvalue weighted by Crippen LogP contribution is 2.27. The van der Waals surface area contributed by atoms with Gasteiger partial charge in [0.1, 0.15) is 23.3 Å². The highest BCUT2D eigenvalue weighted by atomic mass is 16.5. The average Bonchev–Trinajstić information content (AvgIpc) is 2.79. The van der Waals surface area contributed by atoms with Crippen molar-refractivity contribution >= 4 is 11.8 Å². The van der Waals surface area contributed by atoms with Gasteiger partial charge >= 0.3 is 0 Å². The summed E-state index contributed by atoms with van der Waals surface area (Å²) in [6, 6.07) is 14.0. The molecule has 2 aromatic carbocycles. The first-order valence-electron chi connectivity index (χ1n) is 10.3. The first-order valence-corrected chi connectivity index (χ1v) is 10.3. The van der Waals surface area contributed by atoms with Gasteiger partial charge in [0, 0.05) is 31.3 Å². The van der Waals surface area contributed by atoms with Crippen LogP contribution < -0.4 is 19.5 Å². The van der Waals surface area contributed by atoms with Gasteiger partial charge < -0.3 is 24.4 Å². The molecule has 0 bridgehead atoms. The van der Waals surface area contributed by atoms with E-state index < -0.39 is 6.04 Å². The van der Waals surface area contributed by atoms with E-state index in [1.165, 1.54) is 4.90 Å². The van der Waals surface area contributed by atoms with Crippen LogP contribution in [0.3, 0.4) is 0 Å². The number of carbonyl (C=O) groups excluding carboxylic acids is 2. The molecule has 2 rings (SSSR count). The third kappa shape index (κ3) is 7.51. The second kappa shape index (κ2) is 11.8. The molecule has 168 valence electrons. The summed E-state index contributed by atoms with van der Waals surface area (Å²) in [6.07, 6.45) is 0. The summed E-state index contributed by atoms with van der Waals surface area (Å²) in [5.74, 6) is 1.40. The number of amides is 2.